The van der Waals surface area contributed by atoms with Crippen molar-refractivity contribution in [1.29, 1.82) is 0 Å². The summed E-state index contributed by atoms with van der Waals surface area (Å²) in [5, 5.41) is 5.97. The molecule has 0 aliphatic heterocycles. The molecule has 0 fully saturated rings. The molecule has 1 unspecified atom stereocenters. The number of carbonyl (C=O) groups excluding carboxylic acids is 1. The average Bonchev–Trinajstić information content (AvgIpc) is 2.61. The summed E-state index contributed by atoms with van der Waals surface area (Å²) >= 11 is 0. The van der Waals surface area contributed by atoms with Crippen molar-refractivity contribution in [3.8, 4) is 5.75 Å². The van der Waals surface area contributed by atoms with Gasteiger partial charge in [0, 0.05) is 11.6 Å². The molecule has 1 amide bonds. The molecule has 8 heteroatoms. The van der Waals surface area contributed by atoms with Gasteiger partial charge in [-0.05, 0) is 43.3 Å². The van der Waals surface area contributed by atoms with Crippen LogP contribution >= 0.6 is 0 Å². The lowest BCUT2D eigenvalue weighted by Crippen LogP contribution is -2.28. The molecule has 0 aliphatic rings. The van der Waals surface area contributed by atoms with Crippen molar-refractivity contribution in [3.63, 3.8) is 0 Å². The van der Waals surface area contributed by atoms with Crippen molar-refractivity contribution >= 4 is 17.4 Å². The van der Waals surface area contributed by atoms with Crippen LogP contribution in [0.15, 0.2) is 47.6 Å². The van der Waals surface area contributed by atoms with E-state index >= 15 is 0 Å². The fraction of sp³-hybridized carbons (Fsp3) is 0.176. The van der Waals surface area contributed by atoms with E-state index in [4.69, 9.17) is 15.3 Å². The van der Waals surface area contributed by atoms with E-state index in [0.29, 0.717) is 17.4 Å². The second kappa shape index (κ2) is 8.09. The molecule has 2 aromatic carbocycles. The van der Waals surface area contributed by atoms with Crippen molar-refractivity contribution in [2.24, 2.45) is 10.9 Å². The summed E-state index contributed by atoms with van der Waals surface area (Å²) < 4.78 is 31.4. The van der Waals surface area contributed by atoms with Gasteiger partial charge in [-0.15, -0.1) is 0 Å². The zero-order valence-corrected chi connectivity index (χ0v) is 13.6. The molecule has 3 N–H and O–H groups in total. The fourth-order valence-corrected chi connectivity index (χ4v) is 1.82. The van der Waals surface area contributed by atoms with Gasteiger partial charge >= 0.3 is 0 Å². The Morgan fingerprint density at radius 1 is 1.20 bits per heavy atom. The highest BCUT2D eigenvalue weighted by Gasteiger charge is 2.17. The predicted octanol–water partition coefficient (Wildman–Crippen LogP) is 2.64. The molecule has 132 valence electrons. The lowest BCUT2D eigenvalue weighted by atomic mass is 10.2. The Kier molecular flexibility index (Phi) is 5.89. The highest BCUT2D eigenvalue weighted by molar-refractivity contribution is 5.97. The molecular formula is C17H17F2N3O3. The van der Waals surface area contributed by atoms with Gasteiger partial charge in [-0.1, -0.05) is 5.16 Å². The Bertz CT molecular complexity index is 779. The van der Waals surface area contributed by atoms with Gasteiger partial charge < -0.3 is 20.6 Å². The van der Waals surface area contributed by atoms with Crippen molar-refractivity contribution in [2.75, 3.05) is 12.4 Å². The number of rotatable bonds is 6. The van der Waals surface area contributed by atoms with Crippen LogP contribution < -0.4 is 15.8 Å². The van der Waals surface area contributed by atoms with E-state index in [0.717, 1.165) is 12.1 Å². The zero-order valence-electron chi connectivity index (χ0n) is 13.6. The third kappa shape index (κ3) is 4.90. The summed E-state index contributed by atoms with van der Waals surface area (Å²) in [6.07, 6.45) is -1.04. The molecule has 0 bridgehead atoms. The molecule has 25 heavy (non-hydrogen) atoms. The van der Waals surface area contributed by atoms with Crippen molar-refractivity contribution in [1.82, 2.24) is 0 Å². The standard InChI is InChI=1S/C17H17F2N3O3/c1-10(17(23)21-15-8-5-12(18)9-14(15)19)25-22-16(20)11-3-6-13(24-2)7-4-11/h3-10H,1-2H3,(H2,20,22)(H,21,23). The van der Waals surface area contributed by atoms with Gasteiger partial charge in [0.05, 0.1) is 12.8 Å². The number of anilines is 1. The third-order valence-electron chi connectivity index (χ3n) is 3.25. The van der Waals surface area contributed by atoms with Crippen LogP contribution in [0.3, 0.4) is 0 Å². The zero-order chi connectivity index (χ0) is 18.4. The number of halogens is 2. The van der Waals surface area contributed by atoms with Crippen LogP contribution in [-0.2, 0) is 9.63 Å². The quantitative estimate of drug-likeness (QED) is 0.477. The summed E-state index contributed by atoms with van der Waals surface area (Å²) in [7, 11) is 1.54. The first-order valence-corrected chi connectivity index (χ1v) is 7.30. The Hall–Kier alpha value is -3.16. The van der Waals surface area contributed by atoms with Crippen LogP contribution in [0.5, 0.6) is 5.75 Å². The van der Waals surface area contributed by atoms with E-state index in [1.54, 1.807) is 31.4 Å². The summed E-state index contributed by atoms with van der Waals surface area (Å²) in [6, 6.07) is 9.57. The van der Waals surface area contributed by atoms with E-state index in [-0.39, 0.29) is 11.5 Å². The Balaban J connectivity index is 1.97. The molecule has 2 rings (SSSR count). The largest absolute Gasteiger partial charge is 0.497 e. The number of amidine groups is 1. The maximum Gasteiger partial charge on any atom is 0.268 e. The molecule has 1 atom stereocenters. The highest BCUT2D eigenvalue weighted by Crippen LogP contribution is 2.15. The van der Waals surface area contributed by atoms with Gasteiger partial charge in [0.25, 0.3) is 5.91 Å². The van der Waals surface area contributed by atoms with Gasteiger partial charge in [0.15, 0.2) is 5.84 Å². The molecule has 0 spiro atoms. The summed E-state index contributed by atoms with van der Waals surface area (Å²) in [5.41, 5.74) is 6.20. The number of methoxy groups -OCH3 is 1. The summed E-state index contributed by atoms with van der Waals surface area (Å²) in [4.78, 5) is 17.0. The van der Waals surface area contributed by atoms with Crippen molar-refractivity contribution in [2.45, 2.75) is 13.0 Å². The minimum absolute atomic E-state index is 0.0651. The number of benzene rings is 2. The van der Waals surface area contributed by atoms with Crippen LogP contribution in [0, 0.1) is 11.6 Å². The molecule has 0 radical (unpaired) electrons. The Morgan fingerprint density at radius 3 is 2.48 bits per heavy atom. The van der Waals surface area contributed by atoms with E-state index in [1.165, 1.54) is 6.92 Å². The average molecular weight is 349 g/mol. The predicted molar refractivity (Wildman–Crippen MR) is 89.3 cm³/mol. The number of nitrogens with two attached hydrogens (primary N) is 1. The number of hydrogen-bond acceptors (Lipinski definition) is 4. The number of nitrogens with one attached hydrogen (secondary N) is 1. The summed E-state index contributed by atoms with van der Waals surface area (Å²) in [6.45, 7) is 1.42. The molecule has 2 aromatic rings. The Labute approximate surface area is 143 Å². The minimum Gasteiger partial charge on any atom is -0.497 e. The summed E-state index contributed by atoms with van der Waals surface area (Å²) in [5.74, 6) is -1.56. The SMILES string of the molecule is COc1ccc(C(N)=NOC(C)C(=O)Nc2ccc(F)cc2F)cc1. The molecule has 0 aliphatic carbocycles. The van der Waals surface area contributed by atoms with Crippen molar-refractivity contribution < 1.29 is 23.1 Å². The second-order valence-electron chi connectivity index (χ2n) is 5.07. The van der Waals surface area contributed by atoms with Crippen LogP contribution in [0.1, 0.15) is 12.5 Å². The molecular weight excluding hydrogens is 332 g/mol. The van der Waals surface area contributed by atoms with Gasteiger partial charge in [-0.2, -0.15) is 0 Å². The first kappa shape index (κ1) is 18.2. The maximum atomic E-state index is 13.5. The van der Waals surface area contributed by atoms with Gasteiger partial charge in [0.2, 0.25) is 6.10 Å². The topological polar surface area (TPSA) is 85.9 Å². The molecule has 0 heterocycles. The van der Waals surface area contributed by atoms with E-state index in [9.17, 15) is 13.6 Å². The molecule has 0 saturated carbocycles. The normalized spacial score (nSPS) is 12.4. The van der Waals surface area contributed by atoms with Crippen LogP contribution in [0.2, 0.25) is 0 Å². The van der Waals surface area contributed by atoms with Crippen molar-refractivity contribution in [3.05, 3.63) is 59.7 Å². The number of ether oxygens (including phenoxy) is 1. The number of oxime groups is 1. The van der Waals surface area contributed by atoms with E-state index < -0.39 is 23.6 Å². The van der Waals surface area contributed by atoms with Gasteiger partial charge in [-0.3, -0.25) is 4.79 Å². The van der Waals surface area contributed by atoms with E-state index in [2.05, 4.69) is 10.5 Å². The number of carbonyl (C=O) groups is 1. The molecule has 0 aromatic heterocycles. The first-order valence-electron chi connectivity index (χ1n) is 7.30. The lowest BCUT2D eigenvalue weighted by Gasteiger charge is -2.12. The monoisotopic (exact) mass is 349 g/mol. The second-order valence-corrected chi connectivity index (χ2v) is 5.07. The Morgan fingerprint density at radius 2 is 1.88 bits per heavy atom. The maximum absolute atomic E-state index is 13.5. The lowest BCUT2D eigenvalue weighted by molar-refractivity contribution is -0.126. The third-order valence-corrected chi connectivity index (χ3v) is 3.25. The smallest absolute Gasteiger partial charge is 0.268 e. The van der Waals surface area contributed by atoms with E-state index in [1.807, 2.05) is 0 Å². The highest BCUT2D eigenvalue weighted by atomic mass is 19.1. The fourth-order valence-electron chi connectivity index (χ4n) is 1.82. The molecule has 0 saturated heterocycles. The number of amides is 1. The number of nitrogens with zero attached hydrogens (tertiary/aromatic N) is 1. The minimum atomic E-state index is -1.04. The van der Waals surface area contributed by atoms with Crippen LogP contribution in [0.4, 0.5) is 14.5 Å². The van der Waals surface area contributed by atoms with Crippen LogP contribution in [-0.4, -0.2) is 25.0 Å². The van der Waals surface area contributed by atoms with Gasteiger partial charge in [-0.25, -0.2) is 8.78 Å². The number of hydrogen-bond donors (Lipinski definition) is 2. The first-order chi connectivity index (χ1) is 11.9. The van der Waals surface area contributed by atoms with Gasteiger partial charge in [0.1, 0.15) is 17.4 Å². The molecule has 6 nitrogen and oxygen atoms in total. The van der Waals surface area contributed by atoms with Crippen LogP contribution in [0.25, 0.3) is 0 Å².